The molecule has 0 fully saturated rings. The number of para-hydroxylation sites is 2. The number of nitrogens with two attached hydrogens (primary N) is 1. The number of hydrogen-bond donors (Lipinski definition) is 3. The zero-order valence-corrected chi connectivity index (χ0v) is 21.1. The summed E-state index contributed by atoms with van der Waals surface area (Å²) in [4.78, 5) is 33.7. The number of halogens is 3. The number of nitrogens with one attached hydrogen (secondary N) is 1. The zero-order valence-electron chi connectivity index (χ0n) is 21.1. The lowest BCUT2D eigenvalue weighted by Gasteiger charge is -2.27. The Labute approximate surface area is 218 Å². The van der Waals surface area contributed by atoms with Crippen LogP contribution in [0.1, 0.15) is 49.2 Å². The number of nitrogens with zero attached hydrogens (tertiary/aromatic N) is 2. The van der Waals surface area contributed by atoms with Gasteiger partial charge in [0.05, 0.1) is 29.4 Å². The van der Waals surface area contributed by atoms with Gasteiger partial charge in [0.15, 0.2) is 0 Å². The van der Waals surface area contributed by atoms with E-state index in [2.05, 4.69) is 20.0 Å². The molecule has 0 saturated carbocycles. The largest absolute Gasteiger partial charge is 0.573 e. The molecule has 3 aromatic rings. The molecule has 2 aromatic carbocycles. The van der Waals surface area contributed by atoms with Gasteiger partial charge in [-0.15, -0.1) is 13.2 Å². The molecule has 0 aliphatic rings. The first kappa shape index (κ1) is 28.8. The van der Waals surface area contributed by atoms with Gasteiger partial charge in [0.1, 0.15) is 11.4 Å². The number of aliphatic hydroxyl groups excluding tert-OH is 1. The zero-order chi connectivity index (χ0) is 27.9. The molecule has 204 valence electrons. The predicted octanol–water partition coefficient (Wildman–Crippen LogP) is 4.16. The molecule has 4 N–H and O–H groups in total. The Balaban J connectivity index is 1.85. The van der Waals surface area contributed by atoms with E-state index in [1.807, 2.05) is 13.8 Å². The molecule has 2 amide bonds. The Morgan fingerprint density at radius 2 is 1.79 bits per heavy atom. The molecule has 38 heavy (non-hydrogen) atoms. The van der Waals surface area contributed by atoms with Crippen LogP contribution < -0.4 is 15.8 Å². The summed E-state index contributed by atoms with van der Waals surface area (Å²) in [5.74, 6) is -1.97. The van der Waals surface area contributed by atoms with Crippen LogP contribution in [-0.2, 0) is 11.2 Å². The molecule has 11 heteroatoms. The van der Waals surface area contributed by atoms with Crippen LogP contribution in [0.4, 0.5) is 13.2 Å². The molecule has 1 heterocycles. The quantitative estimate of drug-likeness (QED) is 0.322. The molecule has 1 aromatic heterocycles. The highest BCUT2D eigenvalue weighted by atomic mass is 19.4. The average molecular weight is 533 g/mol. The summed E-state index contributed by atoms with van der Waals surface area (Å²) in [5.41, 5.74) is 7.03. The number of fused-ring (bicyclic) bond motifs is 1. The minimum absolute atomic E-state index is 0.00122. The molecule has 0 aliphatic carbocycles. The van der Waals surface area contributed by atoms with Crippen molar-refractivity contribution < 1.29 is 32.6 Å². The lowest BCUT2D eigenvalue weighted by Crippen LogP contribution is -2.46. The van der Waals surface area contributed by atoms with E-state index in [-0.39, 0.29) is 18.5 Å². The van der Waals surface area contributed by atoms with E-state index in [0.717, 1.165) is 6.07 Å². The fraction of sp³-hybridized carbons (Fsp3) is 0.407. The van der Waals surface area contributed by atoms with Crippen molar-refractivity contribution in [3.63, 3.8) is 0 Å². The molecule has 0 aliphatic heterocycles. The molecule has 3 unspecified atom stereocenters. The van der Waals surface area contributed by atoms with Crippen molar-refractivity contribution >= 4 is 22.8 Å². The van der Waals surface area contributed by atoms with Gasteiger partial charge in [0.2, 0.25) is 5.91 Å². The summed E-state index contributed by atoms with van der Waals surface area (Å²) >= 11 is 0. The predicted molar refractivity (Wildman–Crippen MR) is 135 cm³/mol. The third-order valence-corrected chi connectivity index (χ3v) is 6.07. The van der Waals surface area contributed by atoms with Crippen LogP contribution in [0, 0.1) is 11.8 Å². The van der Waals surface area contributed by atoms with E-state index in [1.165, 1.54) is 18.3 Å². The van der Waals surface area contributed by atoms with Crippen molar-refractivity contribution in [3.05, 3.63) is 66.0 Å². The maximum Gasteiger partial charge on any atom is 0.573 e. The topological polar surface area (TPSA) is 127 Å². The molecular weight excluding hydrogens is 501 g/mol. The number of amides is 2. The van der Waals surface area contributed by atoms with E-state index >= 15 is 0 Å². The fourth-order valence-corrected chi connectivity index (χ4v) is 4.08. The number of carbonyl (C=O) groups excluding carboxylic acids is 2. The first-order chi connectivity index (χ1) is 17.9. The Morgan fingerprint density at radius 1 is 1.08 bits per heavy atom. The summed E-state index contributed by atoms with van der Waals surface area (Å²) in [6.07, 6.45) is -3.71. The maximum atomic E-state index is 13.1. The van der Waals surface area contributed by atoms with Crippen molar-refractivity contribution in [2.24, 2.45) is 17.6 Å². The third-order valence-electron chi connectivity index (χ3n) is 6.07. The van der Waals surface area contributed by atoms with Crippen LogP contribution in [0.15, 0.2) is 54.7 Å². The van der Waals surface area contributed by atoms with Crippen LogP contribution >= 0.6 is 0 Å². The van der Waals surface area contributed by atoms with Gasteiger partial charge in [-0.25, -0.2) is 4.98 Å². The van der Waals surface area contributed by atoms with Crippen LogP contribution in [0.3, 0.4) is 0 Å². The molecule has 0 radical (unpaired) electrons. The number of carbonyl (C=O) groups is 2. The number of benzene rings is 2. The van der Waals surface area contributed by atoms with Crippen molar-refractivity contribution in [1.82, 2.24) is 15.3 Å². The Bertz CT molecular complexity index is 1250. The molecule has 8 nitrogen and oxygen atoms in total. The molecular formula is C27H31F3N4O4. The first-order valence-corrected chi connectivity index (χ1v) is 12.3. The van der Waals surface area contributed by atoms with Gasteiger partial charge < -0.3 is 20.9 Å². The second-order valence-corrected chi connectivity index (χ2v) is 9.60. The number of aliphatic hydroxyl groups is 1. The van der Waals surface area contributed by atoms with Gasteiger partial charge in [-0.1, -0.05) is 44.5 Å². The summed E-state index contributed by atoms with van der Waals surface area (Å²) in [6.45, 7) is 4.00. The van der Waals surface area contributed by atoms with Crippen LogP contribution in [0.25, 0.3) is 11.0 Å². The highest BCUT2D eigenvalue weighted by molar-refractivity contribution is 5.94. The number of ether oxygens (including phenoxy) is 1. The van der Waals surface area contributed by atoms with Gasteiger partial charge in [0, 0.05) is 5.92 Å². The molecule has 0 saturated heterocycles. The Morgan fingerprint density at radius 3 is 2.45 bits per heavy atom. The number of rotatable bonds is 12. The van der Waals surface area contributed by atoms with Gasteiger partial charge in [0.25, 0.3) is 5.91 Å². The second-order valence-electron chi connectivity index (χ2n) is 9.60. The van der Waals surface area contributed by atoms with Crippen LogP contribution in [0.2, 0.25) is 0 Å². The van der Waals surface area contributed by atoms with Crippen LogP contribution in [-0.4, -0.2) is 45.4 Å². The smallest absolute Gasteiger partial charge is 0.406 e. The summed E-state index contributed by atoms with van der Waals surface area (Å²) in [5, 5.41) is 13.8. The highest BCUT2D eigenvalue weighted by Crippen LogP contribution is 2.25. The highest BCUT2D eigenvalue weighted by Gasteiger charge is 2.32. The summed E-state index contributed by atoms with van der Waals surface area (Å²) in [7, 11) is 0. The number of primary amides is 1. The van der Waals surface area contributed by atoms with Crippen molar-refractivity contribution in [2.75, 3.05) is 0 Å². The van der Waals surface area contributed by atoms with E-state index in [1.54, 1.807) is 30.3 Å². The van der Waals surface area contributed by atoms with Gasteiger partial charge in [-0.2, -0.15) is 0 Å². The standard InChI is InChI=1S/C27H31F3N4O4/c1-16(2)10-11-18(25(31)36)14-24(35)22(13-17-6-5-7-19(12-17)38-27(28,29)30)34-26(37)23-15-32-20-8-3-4-9-21(20)33-23/h3-9,12,15-16,18,22,24,35H,10-11,13-14H2,1-2H3,(H2,31,36)(H,34,37). The molecule has 0 bridgehead atoms. The van der Waals surface area contributed by atoms with Gasteiger partial charge in [-0.3, -0.25) is 14.6 Å². The summed E-state index contributed by atoms with van der Waals surface area (Å²) < 4.78 is 42.1. The van der Waals surface area contributed by atoms with Crippen molar-refractivity contribution in [3.8, 4) is 5.75 Å². The molecule has 3 rings (SSSR count). The monoisotopic (exact) mass is 532 g/mol. The van der Waals surface area contributed by atoms with E-state index in [4.69, 9.17) is 5.73 Å². The maximum absolute atomic E-state index is 13.1. The third kappa shape index (κ3) is 8.69. The van der Waals surface area contributed by atoms with Crippen LogP contribution in [0.5, 0.6) is 5.75 Å². The van der Waals surface area contributed by atoms with Crippen molar-refractivity contribution in [1.29, 1.82) is 0 Å². The Kier molecular flexibility index (Phi) is 9.62. The lowest BCUT2D eigenvalue weighted by molar-refractivity contribution is -0.274. The Hall–Kier alpha value is -3.73. The fourth-order valence-electron chi connectivity index (χ4n) is 4.08. The normalized spacial score (nSPS) is 14.2. The first-order valence-electron chi connectivity index (χ1n) is 12.3. The SMILES string of the molecule is CC(C)CCC(CC(O)C(Cc1cccc(OC(F)(F)F)c1)NC(=O)c1cnc2ccccc2n1)C(N)=O. The summed E-state index contributed by atoms with van der Waals surface area (Å²) in [6, 6.07) is 11.3. The minimum Gasteiger partial charge on any atom is -0.406 e. The average Bonchev–Trinajstić information content (AvgIpc) is 2.84. The lowest BCUT2D eigenvalue weighted by atomic mass is 9.88. The number of hydrogen-bond acceptors (Lipinski definition) is 6. The molecule has 0 spiro atoms. The number of alkyl halides is 3. The minimum atomic E-state index is -4.87. The molecule has 3 atom stereocenters. The second kappa shape index (κ2) is 12.7. The van der Waals surface area contributed by atoms with E-state index in [9.17, 15) is 27.9 Å². The van der Waals surface area contributed by atoms with E-state index in [0.29, 0.717) is 35.4 Å². The van der Waals surface area contributed by atoms with Gasteiger partial charge >= 0.3 is 6.36 Å². The van der Waals surface area contributed by atoms with Gasteiger partial charge in [-0.05, 0) is 55.0 Å². The van der Waals surface area contributed by atoms with E-state index < -0.39 is 42.0 Å². The van der Waals surface area contributed by atoms with Crippen molar-refractivity contribution in [2.45, 2.75) is 58.0 Å². The number of aromatic nitrogens is 2.